The predicted molar refractivity (Wildman–Crippen MR) is 90.4 cm³/mol. The van der Waals surface area contributed by atoms with Gasteiger partial charge in [-0.3, -0.25) is 4.79 Å². The Bertz CT molecular complexity index is 769. The fraction of sp³-hybridized carbons (Fsp3) is 0.500. The molecule has 0 spiro atoms. The number of urea groups is 1. The van der Waals surface area contributed by atoms with Gasteiger partial charge >= 0.3 is 6.03 Å². The molecule has 0 radical (unpaired) electrons. The Labute approximate surface area is 140 Å². The molecule has 8 nitrogen and oxygen atoms in total. The summed E-state index contributed by atoms with van der Waals surface area (Å²) in [7, 11) is 0. The van der Waals surface area contributed by atoms with Gasteiger partial charge in [0.2, 0.25) is 5.91 Å². The standard InChI is InChI=1S/C16H22N6O2/c1-10(2)22-14-12(7-19-22)6-13(8-18-14)20-15(23)11-4-3-5-21(9-11)16(17)24/h6-8,10-11H,3-5,9H2,1-2H3,(H2,17,24)(H,20,23)/t11-/m1/s1. The van der Waals surface area contributed by atoms with Crippen molar-refractivity contribution in [3.05, 3.63) is 18.5 Å². The van der Waals surface area contributed by atoms with Crippen molar-refractivity contribution in [2.75, 3.05) is 18.4 Å². The monoisotopic (exact) mass is 330 g/mol. The topological polar surface area (TPSA) is 106 Å². The molecule has 1 saturated heterocycles. The highest BCUT2D eigenvalue weighted by Crippen LogP contribution is 2.21. The quantitative estimate of drug-likeness (QED) is 0.894. The average Bonchev–Trinajstić information content (AvgIpc) is 2.98. The molecular formula is C16H22N6O2. The number of amides is 3. The summed E-state index contributed by atoms with van der Waals surface area (Å²) in [6.07, 6.45) is 4.90. The smallest absolute Gasteiger partial charge is 0.314 e. The maximum atomic E-state index is 12.4. The molecule has 1 aliphatic rings. The fourth-order valence-electron chi connectivity index (χ4n) is 3.02. The number of piperidine rings is 1. The highest BCUT2D eigenvalue weighted by molar-refractivity contribution is 5.94. The molecule has 0 aromatic carbocycles. The van der Waals surface area contributed by atoms with Gasteiger partial charge in [0.1, 0.15) is 0 Å². The Balaban J connectivity index is 1.72. The van der Waals surface area contributed by atoms with E-state index in [4.69, 9.17) is 5.73 Å². The van der Waals surface area contributed by atoms with Crippen LogP contribution in [0.1, 0.15) is 32.7 Å². The molecule has 0 aliphatic carbocycles. The van der Waals surface area contributed by atoms with Crippen molar-refractivity contribution in [2.45, 2.75) is 32.7 Å². The number of likely N-dealkylation sites (tertiary alicyclic amines) is 1. The Morgan fingerprint density at radius 2 is 2.17 bits per heavy atom. The molecule has 24 heavy (non-hydrogen) atoms. The first-order chi connectivity index (χ1) is 11.5. The lowest BCUT2D eigenvalue weighted by Gasteiger charge is -2.30. The highest BCUT2D eigenvalue weighted by atomic mass is 16.2. The summed E-state index contributed by atoms with van der Waals surface area (Å²) >= 11 is 0. The van der Waals surface area contributed by atoms with E-state index in [2.05, 4.69) is 15.4 Å². The number of hydrogen-bond donors (Lipinski definition) is 2. The van der Waals surface area contributed by atoms with Gasteiger partial charge in [-0.15, -0.1) is 0 Å². The number of anilines is 1. The molecule has 1 aliphatic heterocycles. The molecular weight excluding hydrogens is 308 g/mol. The lowest BCUT2D eigenvalue weighted by Crippen LogP contribution is -2.46. The van der Waals surface area contributed by atoms with E-state index in [0.717, 1.165) is 23.9 Å². The number of hydrogen-bond acceptors (Lipinski definition) is 4. The van der Waals surface area contributed by atoms with Gasteiger partial charge in [0.05, 0.1) is 24.0 Å². The molecule has 1 fully saturated rings. The van der Waals surface area contributed by atoms with Crippen LogP contribution in [0.5, 0.6) is 0 Å². The first kappa shape index (κ1) is 16.2. The van der Waals surface area contributed by atoms with Gasteiger partial charge in [-0.25, -0.2) is 14.5 Å². The van der Waals surface area contributed by atoms with Crippen LogP contribution in [0.4, 0.5) is 10.5 Å². The van der Waals surface area contributed by atoms with Crippen LogP contribution in [0.2, 0.25) is 0 Å². The summed E-state index contributed by atoms with van der Waals surface area (Å²) < 4.78 is 1.84. The SMILES string of the molecule is CC(C)n1ncc2cc(NC(=O)[C@@H]3CCCN(C(N)=O)C3)cnc21. The van der Waals surface area contributed by atoms with Gasteiger partial charge in [0.15, 0.2) is 5.65 Å². The summed E-state index contributed by atoms with van der Waals surface area (Å²) in [5.41, 5.74) is 6.73. The zero-order valence-electron chi connectivity index (χ0n) is 13.9. The zero-order chi connectivity index (χ0) is 17.3. The Morgan fingerprint density at radius 3 is 2.88 bits per heavy atom. The van der Waals surface area contributed by atoms with Gasteiger partial charge < -0.3 is 16.0 Å². The lowest BCUT2D eigenvalue weighted by molar-refractivity contribution is -0.121. The molecule has 3 amide bonds. The molecule has 3 N–H and O–H groups in total. The molecule has 2 aromatic rings. The first-order valence-corrected chi connectivity index (χ1v) is 8.14. The fourth-order valence-corrected chi connectivity index (χ4v) is 3.02. The van der Waals surface area contributed by atoms with Gasteiger partial charge in [0, 0.05) is 24.5 Å². The second-order valence-electron chi connectivity index (χ2n) is 6.43. The number of carbonyl (C=O) groups is 2. The minimum absolute atomic E-state index is 0.113. The minimum atomic E-state index is -0.475. The summed E-state index contributed by atoms with van der Waals surface area (Å²) in [6, 6.07) is 1.61. The number of primary amides is 1. The predicted octanol–water partition coefficient (Wildman–Crippen LogP) is 1.74. The Kier molecular flexibility index (Phi) is 4.37. The number of aromatic nitrogens is 3. The van der Waals surface area contributed by atoms with Crippen LogP contribution in [-0.4, -0.2) is 44.7 Å². The number of nitrogens with one attached hydrogen (secondary N) is 1. The highest BCUT2D eigenvalue weighted by Gasteiger charge is 2.27. The van der Waals surface area contributed by atoms with Crippen LogP contribution < -0.4 is 11.1 Å². The Hall–Kier alpha value is -2.64. The second-order valence-corrected chi connectivity index (χ2v) is 6.43. The molecule has 3 rings (SSSR count). The number of nitrogens with zero attached hydrogens (tertiary/aromatic N) is 4. The third-order valence-electron chi connectivity index (χ3n) is 4.29. The van der Waals surface area contributed by atoms with Gasteiger partial charge in [-0.2, -0.15) is 5.10 Å². The van der Waals surface area contributed by atoms with Gasteiger partial charge in [-0.05, 0) is 32.8 Å². The van der Waals surface area contributed by atoms with Crippen molar-refractivity contribution in [3.8, 4) is 0 Å². The van der Waals surface area contributed by atoms with E-state index < -0.39 is 6.03 Å². The van der Waals surface area contributed by atoms with Crippen molar-refractivity contribution in [3.63, 3.8) is 0 Å². The average molecular weight is 330 g/mol. The van der Waals surface area contributed by atoms with Crippen molar-refractivity contribution in [1.29, 1.82) is 0 Å². The lowest BCUT2D eigenvalue weighted by atomic mass is 9.97. The summed E-state index contributed by atoms with van der Waals surface area (Å²) in [6.45, 7) is 5.05. The molecule has 0 bridgehead atoms. The van der Waals surface area contributed by atoms with E-state index in [1.807, 2.05) is 24.6 Å². The van der Waals surface area contributed by atoms with E-state index >= 15 is 0 Å². The number of fused-ring (bicyclic) bond motifs is 1. The van der Waals surface area contributed by atoms with Crippen molar-refractivity contribution >= 4 is 28.7 Å². The third-order valence-corrected chi connectivity index (χ3v) is 4.29. The minimum Gasteiger partial charge on any atom is -0.351 e. The molecule has 8 heteroatoms. The number of pyridine rings is 1. The van der Waals surface area contributed by atoms with Crippen LogP contribution >= 0.6 is 0 Å². The van der Waals surface area contributed by atoms with E-state index in [1.165, 1.54) is 4.90 Å². The number of carbonyl (C=O) groups excluding carboxylic acids is 2. The van der Waals surface area contributed by atoms with Crippen LogP contribution in [0.3, 0.4) is 0 Å². The van der Waals surface area contributed by atoms with Gasteiger partial charge in [-0.1, -0.05) is 0 Å². The van der Waals surface area contributed by atoms with Crippen molar-refractivity contribution < 1.29 is 9.59 Å². The summed E-state index contributed by atoms with van der Waals surface area (Å²) in [5.74, 6) is -0.362. The van der Waals surface area contributed by atoms with Crippen molar-refractivity contribution in [1.82, 2.24) is 19.7 Å². The molecule has 3 heterocycles. The first-order valence-electron chi connectivity index (χ1n) is 8.14. The van der Waals surface area contributed by atoms with Crippen LogP contribution in [0.25, 0.3) is 11.0 Å². The maximum absolute atomic E-state index is 12.4. The van der Waals surface area contributed by atoms with Crippen LogP contribution in [-0.2, 0) is 4.79 Å². The normalized spacial score (nSPS) is 18.1. The number of nitrogens with two attached hydrogens (primary N) is 1. The largest absolute Gasteiger partial charge is 0.351 e. The zero-order valence-corrected chi connectivity index (χ0v) is 13.9. The summed E-state index contributed by atoms with van der Waals surface area (Å²) in [5, 5.41) is 8.08. The van der Waals surface area contributed by atoms with E-state index in [9.17, 15) is 9.59 Å². The molecule has 0 unspecified atom stereocenters. The maximum Gasteiger partial charge on any atom is 0.314 e. The molecule has 2 aromatic heterocycles. The molecule has 0 saturated carbocycles. The second kappa shape index (κ2) is 6.46. The van der Waals surface area contributed by atoms with Crippen LogP contribution in [0.15, 0.2) is 18.5 Å². The summed E-state index contributed by atoms with van der Waals surface area (Å²) in [4.78, 5) is 29.6. The van der Waals surface area contributed by atoms with Gasteiger partial charge in [0.25, 0.3) is 0 Å². The molecule has 1 atom stereocenters. The number of rotatable bonds is 3. The Morgan fingerprint density at radius 1 is 1.38 bits per heavy atom. The van der Waals surface area contributed by atoms with Crippen molar-refractivity contribution in [2.24, 2.45) is 11.7 Å². The van der Waals surface area contributed by atoms with E-state index in [-0.39, 0.29) is 17.9 Å². The molecule has 128 valence electrons. The third kappa shape index (κ3) is 3.17. The van der Waals surface area contributed by atoms with E-state index in [0.29, 0.717) is 18.8 Å². The van der Waals surface area contributed by atoms with E-state index in [1.54, 1.807) is 12.4 Å². The van der Waals surface area contributed by atoms with Crippen LogP contribution in [0, 0.1) is 5.92 Å².